The Kier molecular flexibility index (Phi) is 6.25. The molecule has 5 heteroatoms. The second-order valence-corrected chi connectivity index (χ2v) is 6.13. The van der Waals surface area contributed by atoms with Gasteiger partial charge in [0.1, 0.15) is 0 Å². The molecule has 0 unspecified atom stereocenters. The van der Waals surface area contributed by atoms with Crippen molar-refractivity contribution in [2.24, 2.45) is 5.92 Å². The van der Waals surface area contributed by atoms with Gasteiger partial charge in [-0.3, -0.25) is 9.59 Å². The molecule has 1 saturated heterocycles. The third kappa shape index (κ3) is 4.47. The highest BCUT2D eigenvalue weighted by molar-refractivity contribution is 6.33. The average Bonchev–Trinajstić information content (AvgIpc) is 2.55. The minimum absolute atomic E-state index is 0.00578. The summed E-state index contributed by atoms with van der Waals surface area (Å²) in [5, 5.41) is 3.43. The number of para-hydroxylation sites is 1. The molecule has 2 rings (SSSR count). The minimum atomic E-state index is -0.0495. The zero-order valence-corrected chi connectivity index (χ0v) is 13.7. The van der Waals surface area contributed by atoms with E-state index in [9.17, 15) is 9.59 Å². The normalized spacial score (nSPS) is 15.6. The first kappa shape index (κ1) is 16.8. The van der Waals surface area contributed by atoms with E-state index in [4.69, 9.17) is 11.6 Å². The van der Waals surface area contributed by atoms with Gasteiger partial charge >= 0.3 is 0 Å². The van der Waals surface area contributed by atoms with Gasteiger partial charge in [0.25, 0.3) is 0 Å². The van der Waals surface area contributed by atoms with Gasteiger partial charge in [-0.1, -0.05) is 37.1 Å². The predicted molar refractivity (Wildman–Crippen MR) is 88.9 cm³/mol. The summed E-state index contributed by atoms with van der Waals surface area (Å²) < 4.78 is 0. The molecule has 0 radical (unpaired) electrons. The van der Waals surface area contributed by atoms with E-state index < -0.39 is 0 Å². The second kappa shape index (κ2) is 8.18. The van der Waals surface area contributed by atoms with Crippen molar-refractivity contribution >= 4 is 29.1 Å². The third-order valence-corrected chi connectivity index (χ3v) is 4.42. The van der Waals surface area contributed by atoms with E-state index in [1.165, 1.54) is 0 Å². The number of hydrogen-bond donors (Lipinski definition) is 1. The van der Waals surface area contributed by atoms with Gasteiger partial charge in [-0.05, 0) is 31.4 Å². The highest BCUT2D eigenvalue weighted by atomic mass is 35.5. The number of likely N-dealkylation sites (tertiary alicyclic amines) is 1. The van der Waals surface area contributed by atoms with Crippen molar-refractivity contribution in [3.05, 3.63) is 29.3 Å². The van der Waals surface area contributed by atoms with Crippen molar-refractivity contribution in [3.63, 3.8) is 0 Å². The number of carbonyl (C=O) groups excluding carboxylic acids is 2. The number of carbonyl (C=O) groups is 2. The van der Waals surface area contributed by atoms with E-state index in [1.54, 1.807) is 12.1 Å². The van der Waals surface area contributed by atoms with Crippen LogP contribution in [-0.4, -0.2) is 29.8 Å². The monoisotopic (exact) mass is 322 g/mol. The summed E-state index contributed by atoms with van der Waals surface area (Å²) in [4.78, 5) is 26.2. The smallest absolute Gasteiger partial charge is 0.227 e. The van der Waals surface area contributed by atoms with Crippen molar-refractivity contribution in [2.45, 2.75) is 39.0 Å². The van der Waals surface area contributed by atoms with Gasteiger partial charge in [0.2, 0.25) is 11.8 Å². The highest BCUT2D eigenvalue weighted by Gasteiger charge is 2.27. The van der Waals surface area contributed by atoms with Crippen LogP contribution in [0.1, 0.15) is 39.0 Å². The Hall–Kier alpha value is -1.55. The van der Waals surface area contributed by atoms with Gasteiger partial charge in [0.15, 0.2) is 0 Å². The predicted octanol–water partition coefficient (Wildman–Crippen LogP) is 3.71. The maximum Gasteiger partial charge on any atom is 0.227 e. The first-order valence-electron chi connectivity index (χ1n) is 7.95. The Balaban J connectivity index is 1.82. The second-order valence-electron chi connectivity index (χ2n) is 5.73. The molecule has 1 N–H and O–H groups in total. The van der Waals surface area contributed by atoms with Crippen molar-refractivity contribution in [2.75, 3.05) is 18.4 Å². The fourth-order valence-electron chi connectivity index (χ4n) is 2.67. The first-order valence-corrected chi connectivity index (χ1v) is 8.32. The molecule has 1 aromatic rings. The summed E-state index contributed by atoms with van der Waals surface area (Å²) in [7, 11) is 0. The van der Waals surface area contributed by atoms with E-state index >= 15 is 0 Å². The van der Waals surface area contributed by atoms with Crippen LogP contribution < -0.4 is 5.32 Å². The zero-order chi connectivity index (χ0) is 15.9. The number of rotatable bonds is 5. The van der Waals surface area contributed by atoms with Crippen LogP contribution in [0, 0.1) is 5.92 Å². The largest absolute Gasteiger partial charge is 0.343 e. The summed E-state index contributed by atoms with van der Waals surface area (Å²) in [5.41, 5.74) is 0.649. The number of anilines is 1. The van der Waals surface area contributed by atoms with E-state index in [1.807, 2.05) is 17.0 Å². The quantitative estimate of drug-likeness (QED) is 0.898. The van der Waals surface area contributed by atoms with E-state index in [0.29, 0.717) is 43.1 Å². The zero-order valence-electron chi connectivity index (χ0n) is 13.0. The molecular formula is C17H23ClN2O2. The van der Waals surface area contributed by atoms with E-state index in [2.05, 4.69) is 12.2 Å². The summed E-state index contributed by atoms with van der Waals surface area (Å²) in [5.74, 6) is 0.159. The Morgan fingerprint density at radius 3 is 2.59 bits per heavy atom. The minimum Gasteiger partial charge on any atom is -0.343 e. The van der Waals surface area contributed by atoms with Gasteiger partial charge in [-0.15, -0.1) is 0 Å². The molecule has 1 heterocycles. The molecule has 4 nitrogen and oxygen atoms in total. The standard InChI is InChI=1S/C17H23ClN2O2/c1-2-3-8-16(21)20-11-9-13(10-12-20)17(22)19-15-7-5-4-6-14(15)18/h4-7,13H,2-3,8-12H2,1H3,(H,19,22). The van der Waals surface area contributed by atoms with E-state index in [-0.39, 0.29) is 17.7 Å². The molecule has 0 aromatic heterocycles. The van der Waals surface area contributed by atoms with E-state index in [0.717, 1.165) is 12.8 Å². The number of unbranched alkanes of at least 4 members (excludes halogenated alkanes) is 1. The van der Waals surface area contributed by atoms with Crippen molar-refractivity contribution < 1.29 is 9.59 Å². The Morgan fingerprint density at radius 2 is 1.95 bits per heavy atom. The van der Waals surface area contributed by atoms with Crippen molar-refractivity contribution in [3.8, 4) is 0 Å². The number of benzene rings is 1. The van der Waals surface area contributed by atoms with Crippen LogP contribution in [0.3, 0.4) is 0 Å². The van der Waals surface area contributed by atoms with Crippen LogP contribution in [0.2, 0.25) is 5.02 Å². The number of nitrogens with zero attached hydrogens (tertiary/aromatic N) is 1. The summed E-state index contributed by atoms with van der Waals surface area (Å²) in [6.45, 7) is 3.42. The van der Waals surface area contributed by atoms with Crippen LogP contribution in [0.5, 0.6) is 0 Å². The Labute approximate surface area is 136 Å². The summed E-state index contributed by atoms with van der Waals surface area (Å²) in [6, 6.07) is 7.23. The molecule has 120 valence electrons. The van der Waals surface area contributed by atoms with Gasteiger partial charge in [-0.2, -0.15) is 0 Å². The molecule has 1 aromatic carbocycles. The lowest BCUT2D eigenvalue weighted by molar-refractivity contribution is -0.134. The van der Waals surface area contributed by atoms with Gasteiger partial charge in [0, 0.05) is 25.4 Å². The lowest BCUT2D eigenvalue weighted by Crippen LogP contribution is -2.41. The topological polar surface area (TPSA) is 49.4 Å². The highest BCUT2D eigenvalue weighted by Crippen LogP contribution is 2.24. The first-order chi connectivity index (χ1) is 10.6. The fourth-order valence-corrected chi connectivity index (χ4v) is 2.86. The van der Waals surface area contributed by atoms with Gasteiger partial charge in [0.05, 0.1) is 10.7 Å². The molecule has 0 saturated carbocycles. The summed E-state index contributed by atoms with van der Waals surface area (Å²) in [6.07, 6.45) is 4.02. The van der Waals surface area contributed by atoms with Crippen LogP contribution >= 0.6 is 11.6 Å². The fraction of sp³-hybridized carbons (Fsp3) is 0.529. The lowest BCUT2D eigenvalue weighted by Gasteiger charge is -2.31. The average molecular weight is 323 g/mol. The number of piperidine rings is 1. The number of hydrogen-bond acceptors (Lipinski definition) is 2. The van der Waals surface area contributed by atoms with Crippen LogP contribution in [0.4, 0.5) is 5.69 Å². The molecule has 1 fully saturated rings. The molecule has 0 atom stereocenters. The third-order valence-electron chi connectivity index (χ3n) is 4.09. The molecule has 22 heavy (non-hydrogen) atoms. The molecule has 2 amide bonds. The van der Waals surface area contributed by atoms with Crippen molar-refractivity contribution in [1.29, 1.82) is 0 Å². The maximum absolute atomic E-state index is 12.3. The molecule has 0 bridgehead atoms. The maximum atomic E-state index is 12.3. The number of nitrogens with one attached hydrogen (secondary N) is 1. The van der Waals surface area contributed by atoms with Crippen LogP contribution in [-0.2, 0) is 9.59 Å². The summed E-state index contributed by atoms with van der Waals surface area (Å²) >= 11 is 6.05. The van der Waals surface area contributed by atoms with Gasteiger partial charge < -0.3 is 10.2 Å². The molecular weight excluding hydrogens is 300 g/mol. The number of amides is 2. The SMILES string of the molecule is CCCCC(=O)N1CCC(C(=O)Nc2ccccc2Cl)CC1. The van der Waals surface area contributed by atoms with Crippen LogP contribution in [0.15, 0.2) is 24.3 Å². The molecule has 0 spiro atoms. The van der Waals surface area contributed by atoms with Gasteiger partial charge in [-0.25, -0.2) is 0 Å². The van der Waals surface area contributed by atoms with Crippen molar-refractivity contribution in [1.82, 2.24) is 4.90 Å². The Bertz CT molecular complexity index is 525. The molecule has 0 aliphatic carbocycles. The number of halogens is 1. The van der Waals surface area contributed by atoms with Crippen LogP contribution in [0.25, 0.3) is 0 Å². The lowest BCUT2D eigenvalue weighted by atomic mass is 9.95. The Morgan fingerprint density at radius 1 is 1.27 bits per heavy atom. The molecule has 1 aliphatic heterocycles. The molecule has 1 aliphatic rings.